The van der Waals surface area contributed by atoms with Crippen molar-refractivity contribution >= 4 is 182 Å². The molecule has 0 radical (unpaired) electrons. The van der Waals surface area contributed by atoms with Gasteiger partial charge in [0, 0.05) is 26.1 Å². The maximum atomic E-state index is 13.7. The monoisotopic (exact) mass is 1460 g/mol. The minimum Gasteiger partial charge on any atom is -0.391 e. The fourth-order valence-corrected chi connectivity index (χ4v) is 13.1. The highest BCUT2D eigenvalue weighted by Gasteiger charge is 2.34. The van der Waals surface area contributed by atoms with Crippen LogP contribution >= 0.6 is 136 Å². The number of hydrogen-bond donors (Lipinski definition) is 14. The van der Waals surface area contributed by atoms with Crippen molar-refractivity contribution in [3.63, 3.8) is 0 Å². The summed E-state index contributed by atoms with van der Waals surface area (Å²) >= 11 is 10.3. The van der Waals surface area contributed by atoms with Crippen LogP contribution in [0.4, 0.5) is 11.4 Å². The number of carbonyl (C=O) groups excluding carboxylic acids is 6. The summed E-state index contributed by atoms with van der Waals surface area (Å²) in [5.41, 5.74) is -4.94. The smallest absolute Gasteiger partial charge is 0.255 e. The maximum Gasteiger partial charge on any atom is 0.255 e. The van der Waals surface area contributed by atoms with Crippen LogP contribution in [0.3, 0.4) is 0 Å². The first-order chi connectivity index (χ1) is 25.9. The molecule has 0 aliphatic carbocycles. The first-order valence-corrected chi connectivity index (χ1v) is 21.8. The second-order valence-electron chi connectivity index (χ2n) is 11.9. The van der Waals surface area contributed by atoms with Crippen LogP contribution in [-0.4, -0.2) is 134 Å². The summed E-state index contributed by atoms with van der Waals surface area (Å²) in [7, 11) is 0. The van der Waals surface area contributed by atoms with Gasteiger partial charge in [-0.1, -0.05) is 0 Å². The van der Waals surface area contributed by atoms with E-state index in [-0.39, 0.29) is 55.0 Å². The summed E-state index contributed by atoms with van der Waals surface area (Å²) in [6.45, 7) is -2.39. The molecule has 2 aromatic rings. The molecule has 56 heavy (non-hydrogen) atoms. The van der Waals surface area contributed by atoms with Crippen molar-refractivity contribution in [3.8, 4) is 0 Å². The average Bonchev–Trinajstić information content (AvgIpc) is 3.10. The molecule has 26 heteroatoms. The lowest BCUT2D eigenvalue weighted by atomic mass is 10.0. The van der Waals surface area contributed by atoms with E-state index in [9.17, 15) is 69.6 Å². The molecule has 0 fully saturated rings. The summed E-state index contributed by atoms with van der Waals surface area (Å²) in [5.74, 6) is -6.70. The van der Waals surface area contributed by atoms with Gasteiger partial charge >= 0.3 is 0 Å². The Bertz CT molecular complexity index is 1770. The molecule has 6 amide bonds. The van der Waals surface area contributed by atoms with Gasteiger partial charge in [0.15, 0.2) is 17.7 Å². The van der Waals surface area contributed by atoms with Crippen LogP contribution in [0.5, 0.6) is 0 Å². The molecule has 0 aromatic heterocycles. The molecule has 0 saturated heterocycles. The lowest BCUT2D eigenvalue weighted by Gasteiger charge is -2.25. The Morgan fingerprint density at radius 3 is 1.07 bits per heavy atom. The molecule has 310 valence electrons. The van der Waals surface area contributed by atoms with Crippen molar-refractivity contribution in [3.05, 3.63) is 43.7 Å². The Kier molecular flexibility index (Phi) is 20.4. The van der Waals surface area contributed by atoms with E-state index in [4.69, 9.17) is 0 Å². The third-order valence-electron chi connectivity index (χ3n) is 7.21. The van der Waals surface area contributed by atoms with Crippen LogP contribution in [0.1, 0.15) is 55.3 Å². The van der Waals surface area contributed by atoms with Crippen LogP contribution in [-0.2, 0) is 9.59 Å². The molecule has 2 rings (SSSR count). The zero-order chi connectivity index (χ0) is 43.0. The summed E-state index contributed by atoms with van der Waals surface area (Å²) in [6.07, 6.45) is -2.14. The van der Waals surface area contributed by atoms with E-state index in [1.165, 1.54) is 0 Å². The van der Waals surface area contributed by atoms with Crippen molar-refractivity contribution < 1.29 is 69.6 Å². The van der Waals surface area contributed by atoms with E-state index >= 15 is 0 Å². The van der Waals surface area contributed by atoms with Crippen LogP contribution in [0.15, 0.2) is 0 Å². The molecule has 0 aliphatic heterocycles. The predicted molar refractivity (Wildman–Crippen MR) is 247 cm³/mol. The van der Waals surface area contributed by atoms with Gasteiger partial charge in [-0.25, -0.2) is 0 Å². The molecule has 2 aromatic carbocycles. The highest BCUT2D eigenvalue weighted by atomic mass is 127. The van der Waals surface area contributed by atoms with E-state index in [2.05, 4.69) is 31.9 Å². The van der Waals surface area contributed by atoms with Crippen molar-refractivity contribution in [1.82, 2.24) is 21.3 Å². The van der Waals surface area contributed by atoms with Gasteiger partial charge in [0.25, 0.3) is 23.6 Å². The molecule has 2 unspecified atom stereocenters. The van der Waals surface area contributed by atoms with Gasteiger partial charge in [0.2, 0.25) is 11.8 Å². The van der Waals surface area contributed by atoms with E-state index in [1.54, 1.807) is 136 Å². The van der Waals surface area contributed by atoms with Crippen LogP contribution in [0.25, 0.3) is 0 Å². The van der Waals surface area contributed by atoms with Crippen LogP contribution in [0.2, 0.25) is 0 Å². The number of anilines is 2. The molecule has 14 N–H and O–H groups in total. The van der Waals surface area contributed by atoms with Gasteiger partial charge < -0.3 is 72.8 Å². The fraction of sp³-hybridized carbons (Fsp3) is 0.400. The second-order valence-corrected chi connectivity index (χ2v) is 18.4. The van der Waals surface area contributed by atoms with E-state index in [0.29, 0.717) is 0 Å². The Balaban J connectivity index is 2.53. The van der Waals surface area contributed by atoms with Crippen molar-refractivity contribution in [2.45, 2.75) is 31.6 Å². The Morgan fingerprint density at radius 2 is 0.821 bits per heavy atom. The van der Waals surface area contributed by atoms with Gasteiger partial charge in [-0.3, -0.25) is 28.8 Å². The van der Waals surface area contributed by atoms with E-state index < -0.39 is 98.6 Å². The topological polar surface area (TPSA) is 336 Å². The number of amides is 6. The van der Waals surface area contributed by atoms with Crippen molar-refractivity contribution in [2.75, 3.05) is 50.2 Å². The van der Waals surface area contributed by atoms with Gasteiger partial charge in [-0.15, -0.1) is 0 Å². The van der Waals surface area contributed by atoms with Gasteiger partial charge in [0.1, 0.15) is 13.2 Å². The molecule has 20 nitrogen and oxygen atoms in total. The number of carbonyl (C=O) groups is 6. The number of aliphatic hydroxyl groups excluding tert-OH is 5. The number of rotatable bonds is 17. The predicted octanol–water partition coefficient (Wildman–Crippen LogP) is -0.876. The van der Waals surface area contributed by atoms with Gasteiger partial charge in [-0.2, -0.15) is 0 Å². The standard InChI is InChI=1S/C30H34I6N6O14/c1-29(55,7-45)41-26(51)14-16(31)12(18(33)22(20(14)35)39-10(47)5-43)24(49)37-3-9(28(53)54)4-38-25(50)13-17(32)15(27(52)42-30(2,56)8-46)21(36)23(19(13)34)40-11(48)6-44/h9,28,43-46,53-56H,3-8H2,1-2H3,(H,37,49)(H,38,50)(H,39,47)(H,40,48)(H,41,51)(H,42,52). The Labute approximate surface area is 399 Å². The first-order valence-electron chi connectivity index (χ1n) is 15.4. The summed E-state index contributed by atoms with van der Waals surface area (Å²) < 4.78 is 0.523. The highest BCUT2D eigenvalue weighted by molar-refractivity contribution is 14.1. The number of aliphatic hydroxyl groups is 8. The van der Waals surface area contributed by atoms with Crippen molar-refractivity contribution in [1.29, 1.82) is 0 Å². The summed E-state index contributed by atoms with van der Waals surface area (Å²) in [4.78, 5) is 78.4. The summed E-state index contributed by atoms with van der Waals surface area (Å²) in [6, 6.07) is 0. The third-order valence-corrected chi connectivity index (χ3v) is 13.7. The maximum absolute atomic E-state index is 13.7. The molecular formula is C30H34I6N6O14. The largest absolute Gasteiger partial charge is 0.391 e. The van der Waals surface area contributed by atoms with Crippen LogP contribution in [0, 0.1) is 27.3 Å². The van der Waals surface area contributed by atoms with Gasteiger partial charge in [0.05, 0.1) is 61.1 Å². The Morgan fingerprint density at radius 1 is 0.536 bits per heavy atom. The first kappa shape index (κ1) is 51.5. The molecule has 0 saturated carbocycles. The second kappa shape index (κ2) is 22.2. The molecule has 2 atom stereocenters. The number of benzene rings is 2. The lowest BCUT2D eigenvalue weighted by molar-refractivity contribution is -0.119. The normalized spacial score (nSPS) is 13.9. The fourth-order valence-electron chi connectivity index (χ4n) is 4.30. The van der Waals surface area contributed by atoms with Crippen molar-refractivity contribution in [2.24, 2.45) is 5.92 Å². The SMILES string of the molecule is CC(O)(CO)NC(=O)c1c(I)c(NC(=O)CO)c(I)c(C(=O)NCC(CNC(=O)c2c(I)c(NC(=O)CO)c(I)c(C(=O)NC(C)(O)CO)c2I)C(O)O)c1I. The highest BCUT2D eigenvalue weighted by Crippen LogP contribution is 2.37. The van der Waals surface area contributed by atoms with Gasteiger partial charge in [-0.05, 0) is 149 Å². The number of nitrogens with one attached hydrogen (secondary N) is 6. The average molecular weight is 1460 g/mol. The molecule has 0 spiro atoms. The Hall–Kier alpha value is -0.680. The quantitative estimate of drug-likeness (QED) is 0.0677. The van der Waals surface area contributed by atoms with Crippen LogP contribution < -0.4 is 31.9 Å². The number of hydrogen-bond acceptors (Lipinski definition) is 14. The van der Waals surface area contributed by atoms with E-state index in [0.717, 1.165) is 13.8 Å². The lowest BCUT2D eigenvalue weighted by Crippen LogP contribution is -2.49. The molecular weight excluding hydrogens is 1430 g/mol. The minimum atomic E-state index is -2.14. The molecule has 0 aliphatic rings. The third kappa shape index (κ3) is 13.2. The minimum absolute atomic E-state index is 0.0313. The van der Waals surface area contributed by atoms with E-state index in [1.807, 2.05) is 0 Å². The summed E-state index contributed by atoms with van der Waals surface area (Å²) in [5, 5.41) is 92.8. The molecule has 0 heterocycles. The number of halogens is 6. The molecule has 0 bridgehead atoms. The zero-order valence-corrected chi connectivity index (χ0v) is 41.6. The zero-order valence-electron chi connectivity index (χ0n) is 28.7.